The quantitative estimate of drug-likeness (QED) is 0.567. The molecule has 0 atom stereocenters. The Balaban J connectivity index is 2.01. The van der Waals surface area contributed by atoms with Gasteiger partial charge in [-0.15, -0.1) is 5.10 Å². The van der Waals surface area contributed by atoms with E-state index in [2.05, 4.69) is 12.0 Å². The zero-order valence-electron chi connectivity index (χ0n) is 18.3. The Kier molecular flexibility index (Phi) is 6.80. The molecular formula is C23H32N4O3. The Bertz CT molecular complexity index is 880. The number of nitrogen functional groups attached to an aromatic ring is 1. The van der Waals surface area contributed by atoms with Crippen LogP contribution in [0.2, 0.25) is 0 Å². The third-order valence-electron chi connectivity index (χ3n) is 5.69. The standard InChI is InChI=1S/C23H32N4O3/c1-5-30-23(29)20-14-26(19-12-10-18(24)11-13-19)25-21(20)27(15(2)3)22(28)17-8-6-16(4)7-9-17/h10-17H,5-9,24H2,1-4H3/t16-,17-. The summed E-state index contributed by atoms with van der Waals surface area (Å²) in [7, 11) is 0. The summed E-state index contributed by atoms with van der Waals surface area (Å²) >= 11 is 0. The van der Waals surface area contributed by atoms with Crippen LogP contribution < -0.4 is 10.6 Å². The number of benzene rings is 1. The molecule has 1 saturated carbocycles. The average molecular weight is 413 g/mol. The molecule has 1 fully saturated rings. The van der Waals surface area contributed by atoms with Crippen molar-refractivity contribution < 1.29 is 14.3 Å². The predicted molar refractivity (Wildman–Crippen MR) is 118 cm³/mol. The molecule has 162 valence electrons. The lowest BCUT2D eigenvalue weighted by Crippen LogP contribution is -2.43. The van der Waals surface area contributed by atoms with E-state index in [-0.39, 0.29) is 24.5 Å². The minimum Gasteiger partial charge on any atom is -0.462 e. The maximum atomic E-state index is 13.5. The van der Waals surface area contributed by atoms with Crippen molar-refractivity contribution >= 4 is 23.4 Å². The Morgan fingerprint density at radius 1 is 1.20 bits per heavy atom. The topological polar surface area (TPSA) is 90.4 Å². The summed E-state index contributed by atoms with van der Waals surface area (Å²) in [5.41, 5.74) is 7.48. The van der Waals surface area contributed by atoms with Crippen molar-refractivity contribution in [2.24, 2.45) is 11.8 Å². The monoisotopic (exact) mass is 412 g/mol. The van der Waals surface area contributed by atoms with Crippen LogP contribution in [0.15, 0.2) is 30.5 Å². The van der Waals surface area contributed by atoms with Crippen molar-refractivity contribution in [3.05, 3.63) is 36.0 Å². The number of nitrogens with zero attached hydrogens (tertiary/aromatic N) is 3. The second-order valence-electron chi connectivity index (χ2n) is 8.38. The van der Waals surface area contributed by atoms with Crippen LogP contribution in [-0.4, -0.2) is 34.3 Å². The zero-order chi connectivity index (χ0) is 21.8. The zero-order valence-corrected chi connectivity index (χ0v) is 18.3. The van der Waals surface area contributed by atoms with E-state index in [4.69, 9.17) is 10.5 Å². The molecule has 1 amide bonds. The lowest BCUT2D eigenvalue weighted by molar-refractivity contribution is -0.123. The third kappa shape index (κ3) is 4.66. The molecule has 0 bridgehead atoms. The van der Waals surface area contributed by atoms with Gasteiger partial charge in [0.2, 0.25) is 5.91 Å². The van der Waals surface area contributed by atoms with Gasteiger partial charge in [0.05, 0.1) is 12.3 Å². The number of nitrogens with two attached hydrogens (primary N) is 1. The van der Waals surface area contributed by atoms with Crippen molar-refractivity contribution in [1.82, 2.24) is 9.78 Å². The maximum Gasteiger partial charge on any atom is 0.343 e. The van der Waals surface area contributed by atoms with Crippen LogP contribution in [0.25, 0.3) is 5.69 Å². The Labute approximate surface area is 178 Å². The number of aromatic nitrogens is 2. The molecule has 2 N–H and O–H groups in total. The second-order valence-corrected chi connectivity index (χ2v) is 8.38. The summed E-state index contributed by atoms with van der Waals surface area (Å²) in [4.78, 5) is 27.8. The van der Waals surface area contributed by atoms with Gasteiger partial charge in [0.1, 0.15) is 5.56 Å². The lowest BCUT2D eigenvalue weighted by Gasteiger charge is -2.32. The minimum atomic E-state index is -0.482. The smallest absolute Gasteiger partial charge is 0.343 e. The first-order chi connectivity index (χ1) is 14.3. The van der Waals surface area contributed by atoms with Crippen molar-refractivity contribution in [3.8, 4) is 5.69 Å². The van der Waals surface area contributed by atoms with E-state index in [1.807, 2.05) is 26.0 Å². The van der Waals surface area contributed by atoms with Gasteiger partial charge < -0.3 is 10.5 Å². The van der Waals surface area contributed by atoms with Gasteiger partial charge in [-0.2, -0.15) is 0 Å². The van der Waals surface area contributed by atoms with Gasteiger partial charge in [0.25, 0.3) is 0 Å². The highest BCUT2D eigenvalue weighted by Crippen LogP contribution is 2.33. The maximum absolute atomic E-state index is 13.5. The fourth-order valence-corrected chi connectivity index (χ4v) is 3.96. The Hall–Kier alpha value is -2.83. The highest BCUT2D eigenvalue weighted by Gasteiger charge is 2.34. The number of hydrogen-bond donors (Lipinski definition) is 1. The highest BCUT2D eigenvalue weighted by atomic mass is 16.5. The van der Waals surface area contributed by atoms with E-state index in [9.17, 15) is 9.59 Å². The number of anilines is 2. The summed E-state index contributed by atoms with van der Waals surface area (Å²) in [6.45, 7) is 8.13. The Morgan fingerprint density at radius 2 is 1.83 bits per heavy atom. The normalized spacial score (nSPS) is 19.0. The average Bonchev–Trinajstić information content (AvgIpc) is 3.14. The summed E-state index contributed by atoms with van der Waals surface area (Å²) in [5.74, 6) is 0.514. The highest BCUT2D eigenvalue weighted by molar-refractivity contribution is 6.02. The van der Waals surface area contributed by atoms with Gasteiger partial charge in [0, 0.05) is 23.8 Å². The van der Waals surface area contributed by atoms with Crippen LogP contribution in [0.5, 0.6) is 0 Å². The lowest BCUT2D eigenvalue weighted by atomic mass is 9.82. The fraction of sp³-hybridized carbons (Fsp3) is 0.522. The molecule has 1 aliphatic rings. The molecule has 1 aliphatic carbocycles. The van der Waals surface area contributed by atoms with E-state index >= 15 is 0 Å². The predicted octanol–water partition coefficient (Wildman–Crippen LogP) is 4.20. The molecule has 1 aromatic heterocycles. The number of amides is 1. The summed E-state index contributed by atoms with van der Waals surface area (Å²) < 4.78 is 6.86. The van der Waals surface area contributed by atoms with Gasteiger partial charge in [-0.3, -0.25) is 9.69 Å². The summed E-state index contributed by atoms with van der Waals surface area (Å²) in [5, 5.41) is 4.65. The molecule has 1 aromatic carbocycles. The van der Waals surface area contributed by atoms with Crippen molar-refractivity contribution in [3.63, 3.8) is 0 Å². The number of hydrogen-bond acceptors (Lipinski definition) is 5. The first-order valence-corrected chi connectivity index (χ1v) is 10.8. The molecule has 1 heterocycles. The number of ether oxygens (including phenoxy) is 1. The number of carbonyl (C=O) groups excluding carboxylic acids is 2. The Morgan fingerprint density at radius 3 is 2.40 bits per heavy atom. The van der Waals surface area contributed by atoms with E-state index in [1.54, 1.807) is 34.8 Å². The molecule has 0 spiro atoms. The van der Waals surface area contributed by atoms with Crippen molar-refractivity contribution in [2.45, 2.75) is 59.4 Å². The molecular weight excluding hydrogens is 380 g/mol. The molecule has 30 heavy (non-hydrogen) atoms. The molecule has 0 aliphatic heterocycles. The molecule has 0 radical (unpaired) electrons. The largest absolute Gasteiger partial charge is 0.462 e. The summed E-state index contributed by atoms with van der Waals surface area (Å²) in [6.07, 6.45) is 5.47. The first kappa shape index (κ1) is 21.9. The van der Waals surface area contributed by atoms with Crippen LogP contribution in [0.4, 0.5) is 11.5 Å². The molecule has 7 heteroatoms. The van der Waals surface area contributed by atoms with Gasteiger partial charge in [-0.25, -0.2) is 9.48 Å². The molecule has 3 rings (SSSR count). The molecule has 2 aromatic rings. The SMILES string of the molecule is CCOC(=O)c1cn(-c2ccc(N)cc2)nc1N(C(=O)[C@H]1CC[C@H](C)CC1)C(C)C. The van der Waals surface area contributed by atoms with E-state index < -0.39 is 5.97 Å². The number of rotatable bonds is 6. The van der Waals surface area contributed by atoms with Crippen LogP contribution in [0.1, 0.15) is 63.7 Å². The number of carbonyl (C=O) groups is 2. The van der Waals surface area contributed by atoms with Gasteiger partial charge in [-0.1, -0.05) is 6.92 Å². The van der Waals surface area contributed by atoms with Crippen molar-refractivity contribution in [1.29, 1.82) is 0 Å². The molecule has 0 unspecified atom stereocenters. The molecule has 7 nitrogen and oxygen atoms in total. The van der Waals surface area contributed by atoms with E-state index in [0.29, 0.717) is 23.0 Å². The van der Waals surface area contributed by atoms with E-state index in [1.165, 1.54) is 0 Å². The van der Waals surface area contributed by atoms with Gasteiger partial charge in [0.15, 0.2) is 5.82 Å². The van der Waals surface area contributed by atoms with Gasteiger partial charge in [-0.05, 0) is 76.6 Å². The first-order valence-electron chi connectivity index (χ1n) is 10.8. The number of esters is 1. The van der Waals surface area contributed by atoms with Gasteiger partial charge >= 0.3 is 5.97 Å². The fourth-order valence-electron chi connectivity index (χ4n) is 3.96. The van der Waals surface area contributed by atoms with Crippen LogP contribution in [-0.2, 0) is 9.53 Å². The second kappa shape index (κ2) is 9.32. The third-order valence-corrected chi connectivity index (χ3v) is 5.69. The van der Waals surface area contributed by atoms with Crippen molar-refractivity contribution in [2.75, 3.05) is 17.2 Å². The minimum absolute atomic E-state index is 0.0324. The van der Waals surface area contributed by atoms with E-state index in [0.717, 1.165) is 31.4 Å². The van der Waals surface area contributed by atoms with Crippen LogP contribution >= 0.6 is 0 Å². The van der Waals surface area contributed by atoms with Crippen LogP contribution in [0, 0.1) is 11.8 Å². The summed E-state index contributed by atoms with van der Waals surface area (Å²) in [6, 6.07) is 7.06. The van der Waals surface area contributed by atoms with Crippen LogP contribution in [0.3, 0.4) is 0 Å². The molecule has 0 saturated heterocycles.